The highest BCUT2D eigenvalue weighted by molar-refractivity contribution is 5.95. The van der Waals surface area contributed by atoms with Crippen LogP contribution in [0.1, 0.15) is 37.0 Å². The number of ether oxygens (including phenoxy) is 3. The summed E-state index contributed by atoms with van der Waals surface area (Å²) in [6, 6.07) is 11.6. The maximum absolute atomic E-state index is 12.6. The third kappa shape index (κ3) is 6.53. The van der Waals surface area contributed by atoms with Crippen molar-refractivity contribution in [2.24, 2.45) is 5.92 Å². The van der Waals surface area contributed by atoms with Crippen LogP contribution in [0.5, 0.6) is 11.5 Å². The van der Waals surface area contributed by atoms with Gasteiger partial charge < -0.3 is 24.4 Å². The molecule has 2 aromatic rings. The highest BCUT2D eigenvalue weighted by atomic mass is 16.5. The predicted octanol–water partition coefficient (Wildman–Crippen LogP) is 3.40. The van der Waals surface area contributed by atoms with Gasteiger partial charge in [-0.15, -0.1) is 0 Å². The van der Waals surface area contributed by atoms with E-state index in [4.69, 9.17) is 14.2 Å². The van der Waals surface area contributed by atoms with Crippen LogP contribution in [0.2, 0.25) is 0 Å². The number of nitrogens with zero attached hydrogens (tertiary/aromatic N) is 1. The van der Waals surface area contributed by atoms with Gasteiger partial charge in [0.15, 0.2) is 18.1 Å². The first-order valence-corrected chi connectivity index (χ1v) is 12.0. The molecule has 1 N–H and O–H groups in total. The van der Waals surface area contributed by atoms with Crippen LogP contribution in [0.15, 0.2) is 36.4 Å². The molecule has 1 aliphatic heterocycles. The molecule has 8 heteroatoms. The van der Waals surface area contributed by atoms with Gasteiger partial charge in [0.05, 0.1) is 20.1 Å². The van der Waals surface area contributed by atoms with E-state index in [1.54, 1.807) is 19.1 Å². The van der Waals surface area contributed by atoms with E-state index in [1.807, 2.05) is 50.2 Å². The molecule has 8 nitrogen and oxygen atoms in total. The Bertz CT molecular complexity index is 1050. The predicted molar refractivity (Wildman–Crippen MR) is 133 cm³/mol. The van der Waals surface area contributed by atoms with Gasteiger partial charge in [0.2, 0.25) is 5.91 Å². The number of aryl methyl sites for hydroxylation is 2. The number of carbonyl (C=O) groups excluding carboxylic acids is 3. The SMILES string of the molecule is CCc1cccc(CC)c1NC(=O)COC(=O)C1CC(=O)N(CCc2ccc(OC)c(OC)c2)C1. The number of hydrogen-bond acceptors (Lipinski definition) is 6. The van der Waals surface area contributed by atoms with E-state index in [0.717, 1.165) is 35.2 Å². The van der Waals surface area contributed by atoms with E-state index in [2.05, 4.69) is 5.32 Å². The number of methoxy groups -OCH3 is 2. The van der Waals surface area contributed by atoms with Gasteiger partial charge in [-0.3, -0.25) is 14.4 Å². The zero-order chi connectivity index (χ0) is 25.4. The maximum atomic E-state index is 12.6. The van der Waals surface area contributed by atoms with Crippen LogP contribution in [0.3, 0.4) is 0 Å². The molecule has 2 aromatic carbocycles. The number of benzene rings is 2. The molecule has 0 radical (unpaired) electrons. The molecular weight excluding hydrogens is 448 g/mol. The lowest BCUT2D eigenvalue weighted by molar-refractivity contribution is -0.151. The number of amides is 2. The molecule has 35 heavy (non-hydrogen) atoms. The molecule has 0 spiro atoms. The summed E-state index contributed by atoms with van der Waals surface area (Å²) in [6.07, 6.45) is 2.27. The van der Waals surface area contributed by atoms with Crippen molar-refractivity contribution in [1.82, 2.24) is 4.90 Å². The summed E-state index contributed by atoms with van der Waals surface area (Å²) in [5.41, 5.74) is 3.86. The van der Waals surface area contributed by atoms with E-state index in [1.165, 1.54) is 0 Å². The lowest BCUT2D eigenvalue weighted by Crippen LogP contribution is -2.30. The Kier molecular flexibility index (Phi) is 9.11. The zero-order valence-corrected chi connectivity index (χ0v) is 20.9. The van der Waals surface area contributed by atoms with Crippen molar-refractivity contribution < 1.29 is 28.6 Å². The standard InChI is InChI=1S/C27H34N2O6/c1-5-19-8-7-9-20(6-2)26(19)28-24(30)17-35-27(32)21-15-25(31)29(16-21)13-12-18-10-11-22(33-3)23(14-18)34-4/h7-11,14,21H,5-6,12-13,15-17H2,1-4H3,(H,28,30). The van der Waals surface area contributed by atoms with Gasteiger partial charge in [-0.05, 0) is 48.1 Å². The molecule has 188 valence electrons. The Hall–Kier alpha value is -3.55. The van der Waals surface area contributed by atoms with Gasteiger partial charge in [0.25, 0.3) is 5.91 Å². The first-order chi connectivity index (χ1) is 16.9. The number of carbonyl (C=O) groups is 3. The molecule has 3 rings (SSSR count). The largest absolute Gasteiger partial charge is 0.493 e. The fourth-order valence-corrected chi connectivity index (χ4v) is 4.28. The molecule has 1 fully saturated rings. The maximum Gasteiger partial charge on any atom is 0.311 e. The van der Waals surface area contributed by atoms with E-state index in [0.29, 0.717) is 24.5 Å². The molecule has 2 amide bonds. The number of anilines is 1. The Morgan fingerprint density at radius 3 is 2.34 bits per heavy atom. The van der Waals surface area contributed by atoms with Gasteiger partial charge in [-0.1, -0.05) is 38.1 Å². The number of hydrogen-bond donors (Lipinski definition) is 1. The van der Waals surface area contributed by atoms with E-state index in [-0.39, 0.29) is 31.4 Å². The average molecular weight is 483 g/mol. The van der Waals surface area contributed by atoms with Crippen molar-refractivity contribution in [1.29, 1.82) is 0 Å². The summed E-state index contributed by atoms with van der Waals surface area (Å²) in [6.45, 7) is 4.44. The molecule has 0 aromatic heterocycles. The number of nitrogens with one attached hydrogen (secondary N) is 1. The van der Waals surface area contributed by atoms with Crippen LogP contribution in [0, 0.1) is 5.92 Å². The van der Waals surface area contributed by atoms with Gasteiger partial charge in [0, 0.05) is 25.2 Å². The third-order valence-electron chi connectivity index (χ3n) is 6.27. The van der Waals surface area contributed by atoms with E-state index >= 15 is 0 Å². The van der Waals surface area contributed by atoms with Crippen molar-refractivity contribution in [3.05, 3.63) is 53.1 Å². The Labute approximate surface area is 206 Å². The quantitative estimate of drug-likeness (QED) is 0.494. The highest BCUT2D eigenvalue weighted by Gasteiger charge is 2.35. The first-order valence-electron chi connectivity index (χ1n) is 12.0. The summed E-state index contributed by atoms with van der Waals surface area (Å²) < 4.78 is 15.8. The second-order valence-corrected chi connectivity index (χ2v) is 8.49. The first kappa shape index (κ1) is 26.1. The second kappa shape index (κ2) is 12.2. The zero-order valence-electron chi connectivity index (χ0n) is 20.9. The van der Waals surface area contributed by atoms with Gasteiger partial charge in [-0.25, -0.2) is 0 Å². The van der Waals surface area contributed by atoms with Crippen LogP contribution in [-0.4, -0.2) is 56.6 Å². The fraction of sp³-hybridized carbons (Fsp3) is 0.444. The Balaban J connectivity index is 1.50. The van der Waals surface area contributed by atoms with E-state index in [9.17, 15) is 14.4 Å². The lowest BCUT2D eigenvalue weighted by atomic mass is 10.0. The van der Waals surface area contributed by atoms with Gasteiger partial charge in [-0.2, -0.15) is 0 Å². The minimum atomic E-state index is -0.574. The minimum absolute atomic E-state index is 0.0883. The van der Waals surface area contributed by atoms with Gasteiger partial charge in [0.1, 0.15) is 0 Å². The molecule has 0 aliphatic carbocycles. The van der Waals surface area contributed by atoms with Crippen LogP contribution in [0.25, 0.3) is 0 Å². The highest BCUT2D eigenvalue weighted by Crippen LogP contribution is 2.28. The molecule has 1 atom stereocenters. The fourth-order valence-electron chi connectivity index (χ4n) is 4.28. The van der Waals surface area contributed by atoms with Crippen molar-refractivity contribution in [3.8, 4) is 11.5 Å². The number of likely N-dealkylation sites (tertiary alicyclic amines) is 1. The van der Waals surface area contributed by atoms with Gasteiger partial charge >= 0.3 is 5.97 Å². The van der Waals surface area contributed by atoms with Crippen LogP contribution in [0.4, 0.5) is 5.69 Å². The lowest BCUT2D eigenvalue weighted by Gasteiger charge is -2.17. The van der Waals surface area contributed by atoms with E-state index < -0.39 is 11.9 Å². The summed E-state index contributed by atoms with van der Waals surface area (Å²) in [5.74, 6) is -0.309. The molecule has 0 saturated carbocycles. The second-order valence-electron chi connectivity index (χ2n) is 8.49. The van der Waals surface area contributed by atoms with Crippen molar-refractivity contribution in [2.75, 3.05) is 39.2 Å². The molecule has 0 bridgehead atoms. The molecule has 1 aliphatic rings. The summed E-state index contributed by atoms with van der Waals surface area (Å²) in [7, 11) is 3.16. The van der Waals surface area contributed by atoms with Crippen LogP contribution in [-0.2, 0) is 38.4 Å². The Morgan fingerprint density at radius 1 is 1.03 bits per heavy atom. The van der Waals surface area contributed by atoms with Crippen LogP contribution >= 0.6 is 0 Å². The van der Waals surface area contributed by atoms with Crippen molar-refractivity contribution in [2.45, 2.75) is 39.5 Å². The van der Waals surface area contributed by atoms with Crippen LogP contribution < -0.4 is 14.8 Å². The molecule has 1 saturated heterocycles. The summed E-state index contributed by atoms with van der Waals surface area (Å²) >= 11 is 0. The summed E-state index contributed by atoms with van der Waals surface area (Å²) in [4.78, 5) is 39.1. The smallest absolute Gasteiger partial charge is 0.311 e. The van der Waals surface area contributed by atoms with Crippen molar-refractivity contribution in [3.63, 3.8) is 0 Å². The molecule has 1 unspecified atom stereocenters. The minimum Gasteiger partial charge on any atom is -0.493 e. The molecular formula is C27H34N2O6. The van der Waals surface area contributed by atoms with Crippen molar-refractivity contribution >= 4 is 23.5 Å². The average Bonchev–Trinajstić information content (AvgIpc) is 3.26. The normalized spacial score (nSPS) is 15.1. The molecule has 1 heterocycles. The Morgan fingerprint density at radius 2 is 1.71 bits per heavy atom. The number of esters is 1. The number of para-hydroxylation sites is 1. The summed E-state index contributed by atoms with van der Waals surface area (Å²) in [5, 5.41) is 2.89. The topological polar surface area (TPSA) is 94.2 Å². The monoisotopic (exact) mass is 482 g/mol. The number of rotatable bonds is 11. The third-order valence-corrected chi connectivity index (χ3v) is 6.27.